The van der Waals surface area contributed by atoms with Gasteiger partial charge in [-0.3, -0.25) is 5.41 Å². The molecule has 0 aliphatic heterocycles. The van der Waals surface area contributed by atoms with Crippen molar-refractivity contribution in [3.63, 3.8) is 0 Å². The van der Waals surface area contributed by atoms with Gasteiger partial charge >= 0.3 is 0 Å². The van der Waals surface area contributed by atoms with Crippen molar-refractivity contribution in [2.24, 2.45) is 5.73 Å². The Morgan fingerprint density at radius 1 is 1.10 bits per heavy atom. The molecular weight excluding hydrogens is 264 g/mol. The highest BCUT2D eigenvalue weighted by Gasteiger charge is 2.08. The summed E-state index contributed by atoms with van der Waals surface area (Å²) in [7, 11) is 1.62. The Kier molecular flexibility index (Phi) is 4.48. The lowest BCUT2D eigenvalue weighted by Crippen LogP contribution is -2.12. The van der Waals surface area contributed by atoms with Crippen LogP contribution in [0, 0.1) is 19.3 Å². The molecule has 0 bridgehead atoms. The first-order valence-electron chi connectivity index (χ1n) is 6.72. The van der Waals surface area contributed by atoms with E-state index in [-0.39, 0.29) is 5.84 Å². The van der Waals surface area contributed by atoms with Crippen LogP contribution >= 0.6 is 0 Å². The Morgan fingerprint density at radius 3 is 2.52 bits per heavy atom. The smallest absolute Gasteiger partial charge is 0.125 e. The van der Waals surface area contributed by atoms with E-state index in [2.05, 4.69) is 6.07 Å². The third kappa shape index (κ3) is 3.54. The van der Waals surface area contributed by atoms with Gasteiger partial charge in [-0.1, -0.05) is 12.1 Å². The Morgan fingerprint density at radius 2 is 1.86 bits per heavy atom. The molecule has 0 atom stereocenters. The number of nitrogens with two attached hydrogens (primary N) is 1. The molecule has 0 fully saturated rings. The average Bonchev–Trinajstić information content (AvgIpc) is 2.47. The van der Waals surface area contributed by atoms with Gasteiger partial charge in [0, 0.05) is 11.1 Å². The molecule has 0 radical (unpaired) electrons. The molecule has 3 N–H and O–H groups in total. The zero-order chi connectivity index (χ0) is 15.4. The minimum Gasteiger partial charge on any atom is -0.496 e. The van der Waals surface area contributed by atoms with Gasteiger partial charge in [-0.05, 0) is 49.2 Å². The second-order valence-electron chi connectivity index (χ2n) is 5.00. The number of aryl methyl sites for hydroxylation is 2. The summed E-state index contributed by atoms with van der Waals surface area (Å²) >= 11 is 0. The Bertz CT molecular complexity index is 666. The summed E-state index contributed by atoms with van der Waals surface area (Å²) < 4.78 is 11.2. The van der Waals surface area contributed by atoms with Crippen LogP contribution in [0.25, 0.3) is 0 Å². The number of hydrogen-bond acceptors (Lipinski definition) is 3. The lowest BCUT2D eigenvalue weighted by molar-refractivity contribution is 0.294. The Hall–Kier alpha value is -2.49. The minimum absolute atomic E-state index is 0.0330. The van der Waals surface area contributed by atoms with E-state index in [0.29, 0.717) is 12.2 Å². The van der Waals surface area contributed by atoms with Gasteiger partial charge in [0.25, 0.3) is 0 Å². The summed E-state index contributed by atoms with van der Waals surface area (Å²) in [4.78, 5) is 0. The predicted molar refractivity (Wildman–Crippen MR) is 84.3 cm³/mol. The predicted octanol–water partition coefficient (Wildman–Crippen LogP) is 3.18. The molecule has 2 aromatic carbocycles. The van der Waals surface area contributed by atoms with E-state index in [4.69, 9.17) is 20.6 Å². The molecule has 0 saturated carbocycles. The third-order valence-electron chi connectivity index (χ3n) is 3.32. The second kappa shape index (κ2) is 6.31. The maximum Gasteiger partial charge on any atom is 0.125 e. The highest BCUT2D eigenvalue weighted by atomic mass is 16.5. The first-order chi connectivity index (χ1) is 10.0. The fourth-order valence-electron chi connectivity index (χ4n) is 2.08. The topological polar surface area (TPSA) is 68.3 Å². The van der Waals surface area contributed by atoms with E-state index in [9.17, 15) is 0 Å². The number of rotatable bonds is 5. The third-order valence-corrected chi connectivity index (χ3v) is 3.32. The molecule has 21 heavy (non-hydrogen) atoms. The highest BCUT2D eigenvalue weighted by Crippen LogP contribution is 2.24. The highest BCUT2D eigenvalue weighted by molar-refractivity contribution is 5.95. The fraction of sp³-hybridized carbons (Fsp3) is 0.235. The molecule has 2 rings (SSSR count). The summed E-state index contributed by atoms with van der Waals surface area (Å²) in [6.07, 6.45) is 0. The second-order valence-corrected chi connectivity index (χ2v) is 5.00. The van der Waals surface area contributed by atoms with Crippen LogP contribution < -0.4 is 15.2 Å². The minimum atomic E-state index is 0.0330. The van der Waals surface area contributed by atoms with Crippen molar-refractivity contribution in [2.45, 2.75) is 20.5 Å². The van der Waals surface area contributed by atoms with Crippen molar-refractivity contribution in [1.82, 2.24) is 0 Å². The number of hydrogen-bond donors (Lipinski definition) is 2. The van der Waals surface area contributed by atoms with E-state index in [1.807, 2.05) is 32.0 Å². The quantitative estimate of drug-likeness (QED) is 0.654. The lowest BCUT2D eigenvalue weighted by Gasteiger charge is -2.13. The van der Waals surface area contributed by atoms with Crippen molar-refractivity contribution < 1.29 is 9.47 Å². The Labute approximate surface area is 125 Å². The van der Waals surface area contributed by atoms with Crippen molar-refractivity contribution >= 4 is 5.84 Å². The molecule has 0 saturated heterocycles. The van der Waals surface area contributed by atoms with Crippen LogP contribution in [0.2, 0.25) is 0 Å². The summed E-state index contributed by atoms with van der Waals surface area (Å²) in [5.41, 5.74) is 9.29. The zero-order valence-electron chi connectivity index (χ0n) is 12.6. The van der Waals surface area contributed by atoms with Crippen LogP contribution in [-0.4, -0.2) is 12.9 Å². The van der Waals surface area contributed by atoms with E-state index < -0.39 is 0 Å². The molecule has 0 aliphatic rings. The first kappa shape index (κ1) is 14.9. The molecule has 4 heteroatoms. The normalized spacial score (nSPS) is 10.2. The molecular formula is C17H20N2O2. The van der Waals surface area contributed by atoms with Gasteiger partial charge < -0.3 is 15.2 Å². The van der Waals surface area contributed by atoms with Gasteiger partial charge in [-0.25, -0.2) is 0 Å². The van der Waals surface area contributed by atoms with Crippen LogP contribution in [0.4, 0.5) is 0 Å². The first-order valence-corrected chi connectivity index (χ1v) is 6.72. The molecule has 2 aromatic rings. The molecule has 0 unspecified atom stereocenters. The summed E-state index contributed by atoms with van der Waals surface area (Å²) in [5, 5.41) is 7.51. The van der Waals surface area contributed by atoms with Gasteiger partial charge in [-0.2, -0.15) is 0 Å². The molecule has 110 valence electrons. The number of ether oxygens (including phenoxy) is 2. The van der Waals surface area contributed by atoms with Gasteiger partial charge in [-0.15, -0.1) is 0 Å². The average molecular weight is 284 g/mol. The molecule has 4 nitrogen and oxygen atoms in total. The molecule has 0 spiro atoms. The van der Waals surface area contributed by atoms with Crippen molar-refractivity contribution in [2.75, 3.05) is 7.11 Å². The number of benzene rings is 2. The van der Waals surface area contributed by atoms with Crippen LogP contribution in [0.5, 0.6) is 11.5 Å². The molecule has 0 amide bonds. The number of amidine groups is 1. The van der Waals surface area contributed by atoms with Crippen LogP contribution in [0.3, 0.4) is 0 Å². The van der Waals surface area contributed by atoms with Crippen LogP contribution in [0.1, 0.15) is 22.3 Å². The van der Waals surface area contributed by atoms with Gasteiger partial charge in [0.2, 0.25) is 0 Å². The van der Waals surface area contributed by atoms with E-state index in [0.717, 1.165) is 28.2 Å². The van der Waals surface area contributed by atoms with E-state index >= 15 is 0 Å². The Balaban J connectivity index is 2.24. The molecule has 0 aromatic heterocycles. The van der Waals surface area contributed by atoms with Crippen molar-refractivity contribution in [3.05, 3.63) is 58.7 Å². The van der Waals surface area contributed by atoms with Crippen LogP contribution in [-0.2, 0) is 6.61 Å². The maximum absolute atomic E-state index is 7.51. The number of methoxy groups -OCH3 is 1. The van der Waals surface area contributed by atoms with E-state index in [1.165, 1.54) is 0 Å². The molecule has 0 heterocycles. The van der Waals surface area contributed by atoms with Gasteiger partial charge in [0.1, 0.15) is 23.9 Å². The van der Waals surface area contributed by atoms with Crippen LogP contribution in [0.15, 0.2) is 36.4 Å². The van der Waals surface area contributed by atoms with Crippen molar-refractivity contribution in [1.29, 1.82) is 5.41 Å². The molecule has 0 aliphatic carbocycles. The number of nitrogens with one attached hydrogen (secondary N) is 1. The fourth-order valence-corrected chi connectivity index (χ4v) is 2.08. The van der Waals surface area contributed by atoms with Gasteiger partial charge in [0.15, 0.2) is 0 Å². The maximum atomic E-state index is 7.51. The lowest BCUT2D eigenvalue weighted by atomic mass is 10.1. The summed E-state index contributed by atoms with van der Waals surface area (Å²) in [6, 6.07) is 11.5. The van der Waals surface area contributed by atoms with Crippen molar-refractivity contribution in [3.8, 4) is 11.5 Å². The SMILES string of the molecule is COc1ccc(C(=N)N)cc1COc1cc(C)ccc1C. The summed E-state index contributed by atoms with van der Waals surface area (Å²) in [5.74, 6) is 1.61. The standard InChI is InChI=1S/C17H20N2O2/c1-11-4-5-12(2)16(8-11)21-10-14-9-13(17(18)19)6-7-15(14)20-3/h4-9H,10H2,1-3H3,(H3,18,19). The monoisotopic (exact) mass is 284 g/mol. The van der Waals surface area contributed by atoms with Gasteiger partial charge in [0.05, 0.1) is 7.11 Å². The van der Waals surface area contributed by atoms with E-state index in [1.54, 1.807) is 19.2 Å². The number of nitrogen functional groups attached to an aromatic ring is 1. The summed E-state index contributed by atoms with van der Waals surface area (Å²) in [6.45, 7) is 4.41. The largest absolute Gasteiger partial charge is 0.496 e. The zero-order valence-corrected chi connectivity index (χ0v) is 12.6.